The van der Waals surface area contributed by atoms with Gasteiger partial charge in [-0.25, -0.2) is 9.18 Å². The molecule has 3 aromatic rings. The van der Waals surface area contributed by atoms with Crippen LogP contribution in [0.5, 0.6) is 5.88 Å². The zero-order valence-corrected chi connectivity index (χ0v) is 15.8. The summed E-state index contributed by atoms with van der Waals surface area (Å²) in [5.41, 5.74) is 3.08. The van der Waals surface area contributed by atoms with Gasteiger partial charge in [0.25, 0.3) is 0 Å². The number of carbonyl (C=O) groups is 1. The van der Waals surface area contributed by atoms with Gasteiger partial charge in [-0.05, 0) is 37.1 Å². The van der Waals surface area contributed by atoms with Gasteiger partial charge in [0.1, 0.15) is 5.82 Å². The van der Waals surface area contributed by atoms with E-state index in [1.807, 2.05) is 25.1 Å². The van der Waals surface area contributed by atoms with E-state index in [4.69, 9.17) is 5.11 Å². The fourth-order valence-corrected chi connectivity index (χ4v) is 3.68. The number of nitrogens with zero attached hydrogens (tertiary/aromatic N) is 2. The molecule has 2 heterocycles. The van der Waals surface area contributed by atoms with Crippen LogP contribution in [0.1, 0.15) is 17.5 Å². The van der Waals surface area contributed by atoms with Crippen molar-refractivity contribution in [1.29, 1.82) is 0 Å². The lowest BCUT2D eigenvalue weighted by atomic mass is 10.1. The van der Waals surface area contributed by atoms with Gasteiger partial charge in [-0.2, -0.15) is 0 Å². The SMILES string of the molecule is Cc1cccc2[nH]c(O)c(C=Nc3ccc(NC4CCN(C(=O)O)C4)c(F)c3)c12. The van der Waals surface area contributed by atoms with E-state index in [0.29, 0.717) is 36.4 Å². The summed E-state index contributed by atoms with van der Waals surface area (Å²) in [5, 5.41) is 23.1. The predicted octanol–water partition coefficient (Wildman–Crippen LogP) is 4.24. The number of aliphatic imine (C=N–C) groups is 1. The number of likely N-dealkylation sites (tertiary alicyclic amines) is 1. The summed E-state index contributed by atoms with van der Waals surface area (Å²) in [6.07, 6.45) is 1.19. The second-order valence-corrected chi connectivity index (χ2v) is 7.17. The maximum Gasteiger partial charge on any atom is 0.407 e. The molecule has 0 saturated carbocycles. The maximum atomic E-state index is 14.5. The van der Waals surface area contributed by atoms with Crippen molar-refractivity contribution in [2.45, 2.75) is 19.4 Å². The molecule has 4 N–H and O–H groups in total. The van der Waals surface area contributed by atoms with E-state index in [-0.39, 0.29) is 11.9 Å². The molecule has 1 unspecified atom stereocenters. The minimum atomic E-state index is -0.963. The van der Waals surface area contributed by atoms with Gasteiger partial charge in [-0.15, -0.1) is 0 Å². The van der Waals surface area contributed by atoms with Gasteiger partial charge in [0.15, 0.2) is 5.88 Å². The molecule has 1 fully saturated rings. The number of aromatic hydroxyl groups is 1. The molecule has 8 heteroatoms. The van der Waals surface area contributed by atoms with Crippen molar-refractivity contribution in [3.8, 4) is 5.88 Å². The lowest BCUT2D eigenvalue weighted by Crippen LogP contribution is -2.30. The van der Waals surface area contributed by atoms with Gasteiger partial charge >= 0.3 is 6.09 Å². The molecule has 1 amide bonds. The van der Waals surface area contributed by atoms with Gasteiger partial charge in [-0.3, -0.25) is 4.99 Å². The van der Waals surface area contributed by atoms with Crippen LogP contribution in [-0.2, 0) is 0 Å². The third kappa shape index (κ3) is 3.73. The molecule has 1 aliphatic heterocycles. The Morgan fingerprint density at radius 3 is 2.93 bits per heavy atom. The number of aromatic amines is 1. The van der Waals surface area contributed by atoms with Crippen LogP contribution in [0.25, 0.3) is 10.9 Å². The van der Waals surface area contributed by atoms with Crippen molar-refractivity contribution < 1.29 is 19.4 Å². The Kier molecular flexibility index (Phi) is 4.84. The molecule has 29 heavy (non-hydrogen) atoms. The van der Waals surface area contributed by atoms with Crippen LogP contribution in [0.2, 0.25) is 0 Å². The highest BCUT2D eigenvalue weighted by Crippen LogP contribution is 2.29. The number of fused-ring (bicyclic) bond motifs is 1. The summed E-state index contributed by atoms with van der Waals surface area (Å²) < 4.78 is 14.5. The smallest absolute Gasteiger partial charge is 0.407 e. The van der Waals surface area contributed by atoms with Crippen LogP contribution in [0.3, 0.4) is 0 Å². The third-order valence-corrected chi connectivity index (χ3v) is 5.16. The zero-order valence-electron chi connectivity index (χ0n) is 15.8. The van der Waals surface area contributed by atoms with Crippen LogP contribution in [0.4, 0.5) is 20.6 Å². The molecule has 150 valence electrons. The molecule has 0 aliphatic carbocycles. The first-order valence-electron chi connectivity index (χ1n) is 9.30. The van der Waals surface area contributed by atoms with E-state index in [2.05, 4.69) is 15.3 Å². The summed E-state index contributed by atoms with van der Waals surface area (Å²) in [5.74, 6) is -0.450. The topological polar surface area (TPSA) is 101 Å². The molecule has 1 aliphatic rings. The largest absolute Gasteiger partial charge is 0.494 e. The highest BCUT2D eigenvalue weighted by Gasteiger charge is 2.26. The van der Waals surface area contributed by atoms with Crippen LogP contribution in [-0.4, -0.2) is 51.5 Å². The van der Waals surface area contributed by atoms with E-state index in [0.717, 1.165) is 16.5 Å². The minimum absolute atomic E-state index is 0.0148. The van der Waals surface area contributed by atoms with Crippen LogP contribution in [0.15, 0.2) is 41.4 Å². The van der Waals surface area contributed by atoms with E-state index < -0.39 is 11.9 Å². The van der Waals surface area contributed by atoms with E-state index in [9.17, 15) is 14.3 Å². The molecule has 4 rings (SSSR count). The number of halogens is 1. The lowest BCUT2D eigenvalue weighted by molar-refractivity contribution is 0.155. The predicted molar refractivity (Wildman–Crippen MR) is 110 cm³/mol. The Morgan fingerprint density at radius 2 is 2.21 bits per heavy atom. The molecule has 1 atom stereocenters. The van der Waals surface area contributed by atoms with Gasteiger partial charge in [0.2, 0.25) is 0 Å². The van der Waals surface area contributed by atoms with Crippen molar-refractivity contribution in [2.24, 2.45) is 4.99 Å². The number of rotatable bonds is 4. The molecular formula is C21H21FN4O3. The van der Waals surface area contributed by atoms with E-state index >= 15 is 0 Å². The Hall–Kier alpha value is -3.55. The maximum absolute atomic E-state index is 14.5. The number of aromatic nitrogens is 1. The number of hydrogen-bond donors (Lipinski definition) is 4. The number of anilines is 1. The first kappa shape index (κ1) is 18.8. The third-order valence-electron chi connectivity index (χ3n) is 5.16. The number of carboxylic acid groups (broad SMARTS) is 1. The van der Waals surface area contributed by atoms with Gasteiger partial charge < -0.3 is 25.4 Å². The minimum Gasteiger partial charge on any atom is -0.494 e. The molecule has 0 spiro atoms. The Balaban J connectivity index is 1.52. The van der Waals surface area contributed by atoms with Gasteiger partial charge in [-0.1, -0.05) is 12.1 Å². The summed E-state index contributed by atoms with van der Waals surface area (Å²) >= 11 is 0. The number of H-pyrrole nitrogens is 1. The van der Waals surface area contributed by atoms with Crippen LogP contribution < -0.4 is 5.32 Å². The Morgan fingerprint density at radius 1 is 1.38 bits per heavy atom. The molecular weight excluding hydrogens is 375 g/mol. The van der Waals surface area contributed by atoms with Crippen LogP contribution in [0, 0.1) is 12.7 Å². The summed E-state index contributed by atoms with van der Waals surface area (Å²) in [6.45, 7) is 2.71. The first-order chi connectivity index (χ1) is 13.9. The Bertz CT molecular complexity index is 1110. The standard InChI is InChI=1S/C21H21FN4O3/c1-12-3-2-4-18-19(12)15(20(27)25-18)10-23-13-5-6-17(16(22)9-13)24-14-7-8-26(11-14)21(28)29/h2-6,9-10,14,24-25,27H,7-8,11H2,1H3,(H,28,29). The summed E-state index contributed by atoms with van der Waals surface area (Å²) in [7, 11) is 0. The quantitative estimate of drug-likeness (QED) is 0.496. The van der Waals surface area contributed by atoms with Crippen molar-refractivity contribution in [1.82, 2.24) is 9.88 Å². The van der Waals surface area contributed by atoms with E-state index in [1.54, 1.807) is 12.1 Å². The molecule has 1 aromatic heterocycles. The fourth-order valence-electron chi connectivity index (χ4n) is 3.68. The lowest BCUT2D eigenvalue weighted by Gasteiger charge is -2.15. The van der Waals surface area contributed by atoms with Crippen molar-refractivity contribution in [2.75, 3.05) is 18.4 Å². The van der Waals surface area contributed by atoms with Crippen molar-refractivity contribution in [3.05, 3.63) is 53.3 Å². The fraction of sp³-hybridized carbons (Fsp3) is 0.238. The normalized spacial score (nSPS) is 16.8. The number of hydrogen-bond acceptors (Lipinski definition) is 4. The highest BCUT2D eigenvalue weighted by atomic mass is 19.1. The number of benzene rings is 2. The number of aryl methyl sites for hydroxylation is 1. The zero-order chi connectivity index (χ0) is 20.5. The summed E-state index contributed by atoms with van der Waals surface area (Å²) in [6, 6.07) is 10.2. The molecule has 1 saturated heterocycles. The van der Waals surface area contributed by atoms with Gasteiger partial charge in [0.05, 0.1) is 16.9 Å². The van der Waals surface area contributed by atoms with Crippen molar-refractivity contribution in [3.63, 3.8) is 0 Å². The molecule has 0 bridgehead atoms. The van der Waals surface area contributed by atoms with E-state index in [1.165, 1.54) is 17.2 Å². The monoisotopic (exact) mass is 396 g/mol. The average Bonchev–Trinajstić information content (AvgIpc) is 3.27. The van der Waals surface area contributed by atoms with Crippen LogP contribution >= 0.6 is 0 Å². The number of nitrogens with one attached hydrogen (secondary N) is 2. The summed E-state index contributed by atoms with van der Waals surface area (Å²) in [4.78, 5) is 19.5. The second kappa shape index (κ2) is 7.46. The average molecular weight is 396 g/mol. The van der Waals surface area contributed by atoms with Crippen molar-refractivity contribution >= 4 is 34.6 Å². The Labute approximate surface area is 166 Å². The first-order valence-corrected chi connectivity index (χ1v) is 9.30. The second-order valence-electron chi connectivity index (χ2n) is 7.17. The molecule has 7 nitrogen and oxygen atoms in total. The highest BCUT2D eigenvalue weighted by molar-refractivity contribution is 6.04. The van der Waals surface area contributed by atoms with Gasteiger partial charge in [0, 0.05) is 42.3 Å². The molecule has 2 aromatic carbocycles. The number of amides is 1. The molecule has 0 radical (unpaired) electrons.